The number of aromatic nitrogens is 3. The van der Waals surface area contributed by atoms with Crippen molar-refractivity contribution in [2.24, 2.45) is 0 Å². The van der Waals surface area contributed by atoms with Gasteiger partial charge in [-0.25, -0.2) is 14.3 Å². The lowest BCUT2D eigenvalue weighted by molar-refractivity contribution is -0.141. The van der Waals surface area contributed by atoms with E-state index in [1.165, 1.54) is 0 Å². The van der Waals surface area contributed by atoms with Crippen molar-refractivity contribution in [3.8, 4) is 0 Å². The summed E-state index contributed by atoms with van der Waals surface area (Å²) in [6.07, 6.45) is -4.66. The molecule has 2 heterocycles. The van der Waals surface area contributed by atoms with Crippen LogP contribution in [0.1, 0.15) is 16.2 Å². The molecule has 0 aliphatic heterocycles. The first-order valence-corrected chi connectivity index (χ1v) is 4.26. The van der Waals surface area contributed by atoms with E-state index in [4.69, 9.17) is 10.8 Å². The Labute approximate surface area is 91.5 Å². The fraction of sp³-hybridized carbons (Fsp3) is 0.125. The molecule has 0 spiro atoms. The van der Waals surface area contributed by atoms with E-state index in [2.05, 4.69) is 10.1 Å². The lowest BCUT2D eigenvalue weighted by Gasteiger charge is -2.05. The molecule has 2 aromatic rings. The summed E-state index contributed by atoms with van der Waals surface area (Å²) in [6.45, 7) is 0. The van der Waals surface area contributed by atoms with Gasteiger partial charge in [-0.2, -0.15) is 18.3 Å². The Kier molecular flexibility index (Phi) is 2.19. The van der Waals surface area contributed by atoms with Gasteiger partial charge in [0.25, 0.3) is 0 Å². The third-order valence-electron chi connectivity index (χ3n) is 2.00. The monoisotopic (exact) mass is 246 g/mol. The zero-order valence-electron chi connectivity index (χ0n) is 8.06. The van der Waals surface area contributed by atoms with Crippen LogP contribution in [0, 0.1) is 0 Å². The van der Waals surface area contributed by atoms with E-state index >= 15 is 0 Å². The molecule has 17 heavy (non-hydrogen) atoms. The first kappa shape index (κ1) is 11.2. The molecule has 3 N–H and O–H groups in total. The van der Waals surface area contributed by atoms with Gasteiger partial charge in [0, 0.05) is 0 Å². The van der Waals surface area contributed by atoms with Crippen molar-refractivity contribution >= 4 is 17.4 Å². The minimum Gasteiger partial charge on any atom is -0.476 e. The van der Waals surface area contributed by atoms with Gasteiger partial charge in [-0.1, -0.05) is 0 Å². The number of aromatic carboxylic acids is 1. The minimum absolute atomic E-state index is 0.0621. The van der Waals surface area contributed by atoms with Crippen LogP contribution in [0.5, 0.6) is 0 Å². The van der Waals surface area contributed by atoms with Crippen LogP contribution in [0.4, 0.5) is 19.0 Å². The van der Waals surface area contributed by atoms with E-state index < -0.39 is 23.5 Å². The Bertz CT molecular complexity index is 605. The van der Waals surface area contributed by atoms with E-state index in [1.54, 1.807) is 0 Å². The number of rotatable bonds is 1. The number of hydrogen-bond donors (Lipinski definition) is 2. The van der Waals surface area contributed by atoms with Gasteiger partial charge in [0.05, 0.1) is 0 Å². The Balaban J connectivity index is 2.75. The summed E-state index contributed by atoms with van der Waals surface area (Å²) in [5.41, 5.74) is 3.41. The maximum absolute atomic E-state index is 12.4. The molecule has 0 unspecified atom stereocenters. The topological polar surface area (TPSA) is 93.5 Å². The summed E-state index contributed by atoms with van der Waals surface area (Å²) in [7, 11) is 0. The van der Waals surface area contributed by atoms with Crippen LogP contribution < -0.4 is 5.73 Å². The molecule has 0 fully saturated rings. The molecule has 0 saturated carbocycles. The Morgan fingerprint density at radius 2 is 2.06 bits per heavy atom. The summed E-state index contributed by atoms with van der Waals surface area (Å²) in [4.78, 5) is 14.4. The van der Waals surface area contributed by atoms with Crippen LogP contribution >= 0.6 is 0 Å². The molecule has 0 bridgehead atoms. The van der Waals surface area contributed by atoms with Gasteiger partial charge < -0.3 is 10.8 Å². The van der Waals surface area contributed by atoms with Crippen molar-refractivity contribution in [1.82, 2.24) is 14.6 Å². The highest BCUT2D eigenvalue weighted by Crippen LogP contribution is 2.27. The third-order valence-corrected chi connectivity index (χ3v) is 2.00. The van der Waals surface area contributed by atoms with Crippen molar-refractivity contribution in [3.63, 3.8) is 0 Å². The number of nitrogen functional groups attached to an aromatic ring is 1. The van der Waals surface area contributed by atoms with E-state index in [1.807, 2.05) is 0 Å². The number of hydrogen-bond acceptors (Lipinski definition) is 4. The first-order chi connectivity index (χ1) is 7.80. The largest absolute Gasteiger partial charge is 0.476 e. The number of anilines is 1. The molecule has 9 heteroatoms. The number of alkyl halides is 3. The standard InChI is InChI=1S/C8H5F3N4O2/c9-8(10,11)3-1-2-4-13-6(12)5(7(16)17)15(4)14-3/h1-2H,12H2,(H,16,17). The van der Waals surface area contributed by atoms with Crippen LogP contribution in [0.25, 0.3) is 5.65 Å². The van der Waals surface area contributed by atoms with Gasteiger partial charge in [0.1, 0.15) is 0 Å². The molecule has 0 aliphatic carbocycles. The second-order valence-electron chi connectivity index (χ2n) is 3.14. The quantitative estimate of drug-likeness (QED) is 0.783. The van der Waals surface area contributed by atoms with E-state index in [9.17, 15) is 18.0 Å². The molecular formula is C8H5F3N4O2. The van der Waals surface area contributed by atoms with Crippen LogP contribution in [0.2, 0.25) is 0 Å². The van der Waals surface area contributed by atoms with Gasteiger partial charge in [-0.05, 0) is 12.1 Å². The van der Waals surface area contributed by atoms with Crippen molar-refractivity contribution < 1.29 is 23.1 Å². The molecule has 0 radical (unpaired) electrons. The van der Waals surface area contributed by atoms with Crippen LogP contribution in [0.15, 0.2) is 12.1 Å². The van der Waals surface area contributed by atoms with Gasteiger partial charge in [-0.15, -0.1) is 0 Å². The number of imidazole rings is 1. The summed E-state index contributed by atoms with van der Waals surface area (Å²) in [5, 5.41) is 11.9. The molecule has 0 aromatic carbocycles. The molecule has 6 nitrogen and oxygen atoms in total. The second-order valence-corrected chi connectivity index (χ2v) is 3.14. The molecule has 0 atom stereocenters. The Morgan fingerprint density at radius 3 is 2.59 bits per heavy atom. The van der Waals surface area contributed by atoms with E-state index in [0.29, 0.717) is 10.6 Å². The minimum atomic E-state index is -4.66. The zero-order chi connectivity index (χ0) is 12.8. The summed E-state index contributed by atoms with van der Waals surface area (Å²) in [5.74, 6) is -1.88. The van der Waals surface area contributed by atoms with Crippen molar-refractivity contribution in [1.29, 1.82) is 0 Å². The molecule has 0 saturated heterocycles. The van der Waals surface area contributed by atoms with Gasteiger partial charge in [-0.3, -0.25) is 0 Å². The average Bonchev–Trinajstić information content (AvgIpc) is 2.50. The molecule has 2 rings (SSSR count). The molecular weight excluding hydrogens is 241 g/mol. The number of carboxylic acids is 1. The number of halogens is 3. The van der Waals surface area contributed by atoms with E-state index in [-0.39, 0.29) is 11.5 Å². The highest BCUT2D eigenvalue weighted by molar-refractivity contribution is 5.92. The van der Waals surface area contributed by atoms with Crippen LogP contribution in [-0.2, 0) is 6.18 Å². The number of carboxylic acid groups (broad SMARTS) is 1. The van der Waals surface area contributed by atoms with E-state index in [0.717, 1.165) is 6.07 Å². The summed E-state index contributed by atoms with van der Waals surface area (Å²) in [6, 6.07) is 1.70. The van der Waals surface area contributed by atoms with Crippen LogP contribution in [0.3, 0.4) is 0 Å². The maximum Gasteiger partial charge on any atom is 0.435 e. The summed E-state index contributed by atoms with van der Waals surface area (Å²) < 4.78 is 37.7. The fourth-order valence-electron chi connectivity index (χ4n) is 1.30. The normalized spacial score (nSPS) is 11.9. The molecule has 90 valence electrons. The van der Waals surface area contributed by atoms with Gasteiger partial charge >= 0.3 is 12.1 Å². The highest BCUT2D eigenvalue weighted by atomic mass is 19.4. The van der Waals surface area contributed by atoms with Crippen molar-refractivity contribution in [2.45, 2.75) is 6.18 Å². The smallest absolute Gasteiger partial charge is 0.435 e. The zero-order valence-corrected chi connectivity index (χ0v) is 8.06. The average molecular weight is 246 g/mol. The predicted octanol–water partition coefficient (Wildman–Crippen LogP) is 1.03. The van der Waals surface area contributed by atoms with Crippen molar-refractivity contribution in [3.05, 3.63) is 23.5 Å². The predicted molar refractivity (Wildman–Crippen MR) is 49.4 cm³/mol. The molecule has 0 aliphatic rings. The van der Waals surface area contributed by atoms with Gasteiger partial charge in [0.15, 0.2) is 22.9 Å². The Hall–Kier alpha value is -2.32. The number of carbonyl (C=O) groups is 1. The second kappa shape index (κ2) is 3.34. The molecule has 2 aromatic heterocycles. The van der Waals surface area contributed by atoms with Crippen molar-refractivity contribution in [2.75, 3.05) is 5.73 Å². The van der Waals surface area contributed by atoms with Crippen LogP contribution in [-0.4, -0.2) is 25.7 Å². The Morgan fingerprint density at radius 1 is 1.41 bits per heavy atom. The first-order valence-electron chi connectivity index (χ1n) is 4.26. The highest BCUT2D eigenvalue weighted by Gasteiger charge is 2.33. The maximum atomic E-state index is 12.4. The lowest BCUT2D eigenvalue weighted by Crippen LogP contribution is -2.13. The third kappa shape index (κ3) is 1.75. The van der Waals surface area contributed by atoms with Gasteiger partial charge in [0.2, 0.25) is 0 Å². The SMILES string of the molecule is Nc1nc2ccc(C(F)(F)F)nn2c1C(=O)O. The number of fused-ring (bicyclic) bond motifs is 1. The number of nitrogens with zero attached hydrogens (tertiary/aromatic N) is 3. The molecule has 0 amide bonds. The lowest BCUT2D eigenvalue weighted by atomic mass is 10.4. The fourth-order valence-corrected chi connectivity index (χ4v) is 1.30. The summed E-state index contributed by atoms with van der Waals surface area (Å²) >= 11 is 0. The number of nitrogens with two attached hydrogens (primary N) is 1.